The molecular formula is C25H24N4O2. The molecule has 1 fully saturated rings. The smallest absolute Gasteiger partial charge is 0.247 e. The van der Waals surface area contributed by atoms with Crippen molar-refractivity contribution in [2.24, 2.45) is 0 Å². The van der Waals surface area contributed by atoms with E-state index in [9.17, 15) is 9.59 Å². The lowest BCUT2D eigenvalue weighted by Crippen LogP contribution is -2.19. The van der Waals surface area contributed by atoms with Gasteiger partial charge in [-0.3, -0.25) is 19.5 Å². The predicted molar refractivity (Wildman–Crippen MR) is 124 cm³/mol. The van der Waals surface area contributed by atoms with E-state index >= 15 is 0 Å². The molecule has 0 aliphatic heterocycles. The van der Waals surface area contributed by atoms with Gasteiger partial charge in [-0.2, -0.15) is 0 Å². The molecule has 2 amide bonds. The average molecular weight is 412 g/mol. The highest BCUT2D eigenvalue weighted by molar-refractivity contribution is 6.00. The van der Waals surface area contributed by atoms with Crippen molar-refractivity contribution in [2.45, 2.75) is 18.8 Å². The monoisotopic (exact) mass is 412 g/mol. The van der Waals surface area contributed by atoms with Gasteiger partial charge in [0.25, 0.3) is 0 Å². The summed E-state index contributed by atoms with van der Waals surface area (Å²) < 4.78 is 0. The lowest BCUT2D eigenvalue weighted by Gasteiger charge is -2.27. The molecule has 0 atom stereocenters. The van der Waals surface area contributed by atoms with Gasteiger partial charge in [0.1, 0.15) is 0 Å². The van der Waals surface area contributed by atoms with Crippen molar-refractivity contribution in [3.05, 3.63) is 85.2 Å². The Balaban J connectivity index is 1.66. The number of hydrogen-bond donors (Lipinski definition) is 1. The molecule has 1 aliphatic rings. The molecule has 156 valence electrons. The van der Waals surface area contributed by atoms with Crippen molar-refractivity contribution in [1.82, 2.24) is 4.98 Å². The van der Waals surface area contributed by atoms with E-state index in [0.29, 0.717) is 23.0 Å². The zero-order valence-electron chi connectivity index (χ0n) is 17.4. The van der Waals surface area contributed by atoms with E-state index in [1.165, 1.54) is 29.4 Å². The zero-order valence-corrected chi connectivity index (χ0v) is 17.4. The fourth-order valence-corrected chi connectivity index (χ4v) is 3.55. The quantitative estimate of drug-likeness (QED) is 0.411. The number of nitrogens with one attached hydrogen (secondary N) is 1. The molecule has 6 nitrogen and oxygen atoms in total. The molecule has 0 radical (unpaired) electrons. The van der Waals surface area contributed by atoms with Crippen molar-refractivity contribution in [1.29, 1.82) is 0 Å². The molecule has 0 spiro atoms. The maximum absolute atomic E-state index is 12.1. The number of aromatic nitrogens is 1. The summed E-state index contributed by atoms with van der Waals surface area (Å²) in [6.07, 6.45) is 7.89. The minimum absolute atomic E-state index is 0.311. The van der Waals surface area contributed by atoms with Crippen molar-refractivity contribution < 1.29 is 9.59 Å². The Kier molecular flexibility index (Phi) is 5.80. The van der Waals surface area contributed by atoms with Crippen LogP contribution in [-0.2, 0) is 9.59 Å². The number of nitrogens with zero attached hydrogens (tertiary/aromatic N) is 3. The average Bonchev–Trinajstić information content (AvgIpc) is 3.65. The lowest BCUT2D eigenvalue weighted by atomic mass is 10.1. The highest BCUT2D eigenvalue weighted by Crippen LogP contribution is 2.41. The van der Waals surface area contributed by atoms with E-state index in [2.05, 4.69) is 41.1 Å². The number of carbonyl (C=O) groups excluding carboxylic acids is 2. The summed E-state index contributed by atoms with van der Waals surface area (Å²) >= 11 is 0. The second-order valence-electron chi connectivity index (χ2n) is 7.51. The van der Waals surface area contributed by atoms with Crippen LogP contribution in [0.4, 0.5) is 28.4 Å². The molecule has 1 N–H and O–H groups in total. The molecule has 31 heavy (non-hydrogen) atoms. The number of benzene rings is 2. The highest BCUT2D eigenvalue weighted by atomic mass is 16.1. The van der Waals surface area contributed by atoms with Gasteiger partial charge in [-0.1, -0.05) is 24.8 Å². The van der Waals surface area contributed by atoms with Crippen LogP contribution in [0.15, 0.2) is 79.6 Å². The molecule has 0 saturated heterocycles. The van der Waals surface area contributed by atoms with Crippen LogP contribution in [0.2, 0.25) is 0 Å². The largest absolute Gasteiger partial charge is 0.342 e. The SMILES string of the molecule is C=CC(=O)Nc1cccc(N(C=O)c2ccncc2N(C)c2ccc(C3CC3)cc2)c1. The molecule has 2 aromatic carbocycles. The molecule has 6 heteroatoms. The van der Waals surface area contributed by atoms with E-state index in [1.54, 1.807) is 36.7 Å². The van der Waals surface area contributed by atoms with Crippen LogP contribution in [-0.4, -0.2) is 24.3 Å². The van der Waals surface area contributed by atoms with Crippen LogP contribution in [0.3, 0.4) is 0 Å². The number of pyridine rings is 1. The van der Waals surface area contributed by atoms with Crippen LogP contribution >= 0.6 is 0 Å². The highest BCUT2D eigenvalue weighted by Gasteiger charge is 2.23. The second-order valence-corrected chi connectivity index (χ2v) is 7.51. The van der Waals surface area contributed by atoms with Gasteiger partial charge in [-0.05, 0) is 66.8 Å². The fourth-order valence-electron chi connectivity index (χ4n) is 3.55. The zero-order chi connectivity index (χ0) is 21.8. The molecule has 4 rings (SSSR count). The summed E-state index contributed by atoms with van der Waals surface area (Å²) in [7, 11) is 1.95. The van der Waals surface area contributed by atoms with Gasteiger partial charge in [0.05, 0.1) is 23.3 Å². The first-order valence-corrected chi connectivity index (χ1v) is 10.2. The summed E-state index contributed by atoms with van der Waals surface area (Å²) in [5.41, 5.74) is 5.06. The van der Waals surface area contributed by atoms with Gasteiger partial charge >= 0.3 is 0 Å². The number of anilines is 5. The van der Waals surface area contributed by atoms with Gasteiger partial charge in [-0.15, -0.1) is 0 Å². The van der Waals surface area contributed by atoms with Crippen LogP contribution in [0.25, 0.3) is 0 Å². The van der Waals surface area contributed by atoms with Gasteiger partial charge in [0.2, 0.25) is 12.3 Å². The third kappa shape index (κ3) is 4.48. The Morgan fingerprint density at radius 3 is 2.55 bits per heavy atom. The van der Waals surface area contributed by atoms with Crippen molar-refractivity contribution in [3.63, 3.8) is 0 Å². The third-order valence-electron chi connectivity index (χ3n) is 5.41. The Hall–Kier alpha value is -3.93. The van der Waals surface area contributed by atoms with E-state index in [-0.39, 0.29) is 5.91 Å². The van der Waals surface area contributed by atoms with E-state index in [1.807, 2.05) is 18.0 Å². The van der Waals surface area contributed by atoms with Crippen LogP contribution in [0.1, 0.15) is 24.3 Å². The Bertz CT molecular complexity index is 1110. The minimum Gasteiger partial charge on any atom is -0.342 e. The van der Waals surface area contributed by atoms with Gasteiger partial charge in [0.15, 0.2) is 0 Å². The molecule has 1 aromatic heterocycles. The Labute approximate surface area is 181 Å². The number of carbonyl (C=O) groups is 2. The van der Waals surface area contributed by atoms with Crippen molar-refractivity contribution >= 4 is 40.8 Å². The Morgan fingerprint density at radius 2 is 1.87 bits per heavy atom. The molecular weight excluding hydrogens is 388 g/mol. The van der Waals surface area contributed by atoms with Gasteiger partial charge in [0, 0.05) is 24.6 Å². The topological polar surface area (TPSA) is 65.5 Å². The van der Waals surface area contributed by atoms with Gasteiger partial charge < -0.3 is 10.2 Å². The summed E-state index contributed by atoms with van der Waals surface area (Å²) in [5.74, 6) is 0.390. The van der Waals surface area contributed by atoms with E-state index in [4.69, 9.17) is 0 Å². The molecule has 1 heterocycles. The summed E-state index contributed by atoms with van der Waals surface area (Å²) in [4.78, 5) is 31.6. The van der Waals surface area contributed by atoms with Crippen LogP contribution < -0.4 is 15.1 Å². The maximum atomic E-state index is 12.1. The molecule has 1 saturated carbocycles. The minimum atomic E-state index is -0.311. The number of amides is 2. The first-order chi connectivity index (χ1) is 15.1. The van der Waals surface area contributed by atoms with Crippen molar-refractivity contribution in [2.75, 3.05) is 22.2 Å². The van der Waals surface area contributed by atoms with Crippen molar-refractivity contribution in [3.8, 4) is 0 Å². The van der Waals surface area contributed by atoms with E-state index in [0.717, 1.165) is 17.8 Å². The Morgan fingerprint density at radius 1 is 1.10 bits per heavy atom. The number of rotatable bonds is 8. The predicted octanol–water partition coefficient (Wildman–Crippen LogP) is 5.15. The third-order valence-corrected chi connectivity index (χ3v) is 5.41. The molecule has 3 aromatic rings. The fraction of sp³-hybridized carbons (Fsp3) is 0.160. The molecule has 0 bridgehead atoms. The standard InChI is InChI=1S/C25H24N4O2/c1-3-25(31)27-20-5-4-6-22(15-20)29(17-30)23-13-14-26-16-24(23)28(2)21-11-9-19(10-12-21)18-7-8-18/h3-6,9-18H,1,7-8H2,2H3,(H,27,31). The molecule has 0 unspecified atom stereocenters. The number of hydrogen-bond acceptors (Lipinski definition) is 4. The first kappa shape index (κ1) is 20.3. The second kappa shape index (κ2) is 8.83. The summed E-state index contributed by atoms with van der Waals surface area (Å²) in [6.45, 7) is 3.47. The molecule has 1 aliphatic carbocycles. The lowest BCUT2D eigenvalue weighted by molar-refractivity contribution is -0.112. The van der Waals surface area contributed by atoms with Crippen LogP contribution in [0, 0.1) is 0 Å². The maximum Gasteiger partial charge on any atom is 0.247 e. The van der Waals surface area contributed by atoms with E-state index < -0.39 is 0 Å². The summed E-state index contributed by atoms with van der Waals surface area (Å²) in [5, 5.41) is 2.72. The van der Waals surface area contributed by atoms with Crippen LogP contribution in [0.5, 0.6) is 0 Å². The normalized spacial score (nSPS) is 12.7. The van der Waals surface area contributed by atoms with Gasteiger partial charge in [-0.25, -0.2) is 0 Å². The summed E-state index contributed by atoms with van der Waals surface area (Å²) in [6, 6.07) is 17.4. The first-order valence-electron chi connectivity index (χ1n) is 10.2.